The van der Waals surface area contributed by atoms with Crippen molar-refractivity contribution in [2.75, 3.05) is 18.9 Å². The maximum absolute atomic E-state index is 12.6. The number of rotatable bonds is 10. The highest BCUT2D eigenvalue weighted by atomic mass is 32.5. The van der Waals surface area contributed by atoms with E-state index in [0.29, 0.717) is 0 Å². The second-order valence-electron chi connectivity index (χ2n) is 9.24. The third kappa shape index (κ3) is 6.37. The van der Waals surface area contributed by atoms with Crippen molar-refractivity contribution in [3.05, 3.63) is 12.7 Å². The first kappa shape index (κ1) is 33.1. The van der Waals surface area contributed by atoms with Crippen molar-refractivity contribution in [2.45, 2.75) is 60.8 Å². The van der Waals surface area contributed by atoms with E-state index >= 15 is 0 Å². The van der Waals surface area contributed by atoms with Crippen LogP contribution in [0.3, 0.4) is 0 Å². The molecule has 2 fully saturated rings. The first-order chi connectivity index (χ1) is 19.5. The summed E-state index contributed by atoms with van der Waals surface area (Å²) in [5.41, 5.74) is 10.5. The van der Waals surface area contributed by atoms with Crippen LogP contribution in [0.25, 0.3) is 11.2 Å². The van der Waals surface area contributed by atoms with Crippen LogP contribution in [0.5, 0.6) is 0 Å². The molecule has 0 aromatic carbocycles. The van der Waals surface area contributed by atoms with Gasteiger partial charge in [-0.3, -0.25) is 9.09 Å². The van der Waals surface area contributed by atoms with Crippen LogP contribution in [0.1, 0.15) is 6.23 Å². The Bertz CT molecular complexity index is 1430. The number of hydrogen-bond acceptors (Lipinski definition) is 18. The monoisotopic (exact) mass is 658 g/mol. The Balaban J connectivity index is 1.44. The molecule has 2 aromatic rings. The molecular weight excluding hydrogens is 630 g/mol. The number of ether oxygens (including phenoxy) is 2. The van der Waals surface area contributed by atoms with E-state index in [4.69, 9.17) is 48.8 Å². The van der Waals surface area contributed by atoms with E-state index in [1.807, 2.05) is 0 Å². The molecule has 42 heavy (non-hydrogen) atoms. The van der Waals surface area contributed by atoms with Gasteiger partial charge in [0.1, 0.15) is 54.6 Å². The van der Waals surface area contributed by atoms with Crippen LogP contribution >= 0.6 is 14.5 Å². The first-order valence-electron chi connectivity index (χ1n) is 11.8. The van der Waals surface area contributed by atoms with Gasteiger partial charge in [0, 0.05) is 0 Å². The molecule has 0 aliphatic carbocycles. The van der Waals surface area contributed by atoms with Gasteiger partial charge in [-0.05, 0) is 11.8 Å². The van der Waals surface area contributed by atoms with Crippen molar-refractivity contribution >= 4 is 43.3 Å². The number of fused-ring (bicyclic) bond motifs is 1. The first-order valence-corrected chi connectivity index (χ1v) is 15.9. The molecule has 23 heteroatoms. The fourth-order valence-corrected chi connectivity index (χ4v) is 7.38. The van der Waals surface area contributed by atoms with E-state index in [1.165, 1.54) is 10.9 Å². The number of phosphoric ester groups is 1. The Morgan fingerprint density at radius 3 is 2.52 bits per heavy atom. The number of nitrogens with zero attached hydrogens (tertiary/aromatic N) is 4. The molecule has 12 atom stereocenters. The van der Waals surface area contributed by atoms with Crippen LogP contribution in [0, 0.1) is 12.3 Å². The number of aromatic nitrogens is 4. The summed E-state index contributed by atoms with van der Waals surface area (Å²) in [5.74, 6) is 2.29. The lowest BCUT2D eigenvalue weighted by atomic mass is 9.92. The average molecular weight is 658 g/mol. The predicted octanol–water partition coefficient (Wildman–Crippen LogP) is -4.47. The van der Waals surface area contributed by atoms with Crippen molar-refractivity contribution in [3.8, 4) is 12.3 Å². The zero-order valence-electron chi connectivity index (χ0n) is 21.1. The van der Waals surface area contributed by atoms with E-state index in [0.717, 1.165) is 6.33 Å². The molecule has 0 spiro atoms. The highest BCUT2D eigenvalue weighted by Crippen LogP contribution is 2.62. The second-order valence-corrected chi connectivity index (χ2v) is 13.6. The lowest BCUT2D eigenvalue weighted by molar-refractivity contribution is -0.292. The van der Waals surface area contributed by atoms with E-state index in [-0.39, 0.29) is 17.0 Å². The number of imidazole rings is 1. The van der Waals surface area contributed by atoms with Crippen molar-refractivity contribution in [1.29, 1.82) is 0 Å². The largest absolute Gasteiger partial charge is 0.481 e. The molecule has 2 aliphatic heterocycles. The fourth-order valence-electron chi connectivity index (χ4n) is 4.29. The molecule has 2 aliphatic rings. The maximum atomic E-state index is 12.6. The minimum absolute atomic E-state index is 0.0474. The molecule has 2 saturated heterocycles. The van der Waals surface area contributed by atoms with E-state index < -0.39 is 88.5 Å². The smallest absolute Gasteiger partial charge is 0.394 e. The molecule has 0 saturated carbocycles. The fraction of sp³-hybridized carbons (Fsp3) is 0.632. The Morgan fingerprint density at radius 1 is 1.19 bits per heavy atom. The Kier molecular flexibility index (Phi) is 9.72. The van der Waals surface area contributed by atoms with E-state index in [9.17, 15) is 39.9 Å². The van der Waals surface area contributed by atoms with Crippen LogP contribution < -0.4 is 11.5 Å². The molecule has 12 N–H and O–H groups in total. The van der Waals surface area contributed by atoms with Gasteiger partial charge in [0.25, 0.3) is 0 Å². The Hall–Kier alpha value is -1.77. The van der Waals surface area contributed by atoms with Gasteiger partial charge in [-0.2, -0.15) is 0 Å². The Morgan fingerprint density at radius 2 is 1.88 bits per heavy atom. The van der Waals surface area contributed by atoms with Crippen LogP contribution in [-0.4, -0.2) is 128 Å². The zero-order valence-corrected chi connectivity index (χ0v) is 23.7. The quantitative estimate of drug-likeness (QED) is 0.0849. The van der Waals surface area contributed by atoms with Gasteiger partial charge < -0.3 is 65.9 Å². The molecule has 234 valence electrons. The van der Waals surface area contributed by atoms with Crippen LogP contribution in [0.2, 0.25) is 0 Å². The standard InChI is InChI=1S/C19H28N6O14P2S/c1-2-19(21)14(31)8(36-18(19)25-6-24-9-15(20)22-5-23-16(9)25)4-35-41(34,42)39-40(32,33)38-17-12(30)10(28)11(29)13(37-17)7(27)3-26/h1,5-8,10-14,17-18,26-31H,3-4,21H2,(H,32,33)(H,34,42)(H2,20,22,23)/t7-,8+,10?,11?,12?,13?,14+,17?,18+,19+,41?/m0/s1. The summed E-state index contributed by atoms with van der Waals surface area (Å²) in [6, 6.07) is 0. The number of nitrogens with two attached hydrogens (primary N) is 2. The lowest BCUT2D eigenvalue weighted by Gasteiger charge is -2.41. The van der Waals surface area contributed by atoms with E-state index in [1.54, 1.807) is 0 Å². The van der Waals surface area contributed by atoms with Gasteiger partial charge in [-0.1, -0.05) is 5.92 Å². The maximum Gasteiger partial charge on any atom is 0.481 e. The normalized spacial score (nSPS) is 37.1. The summed E-state index contributed by atoms with van der Waals surface area (Å²) >= 11 is 4.75. The van der Waals surface area contributed by atoms with Gasteiger partial charge in [-0.25, -0.2) is 23.8 Å². The van der Waals surface area contributed by atoms with Crippen LogP contribution in [0.15, 0.2) is 12.7 Å². The lowest BCUT2D eigenvalue weighted by Crippen LogP contribution is -2.61. The second kappa shape index (κ2) is 12.3. The van der Waals surface area contributed by atoms with Gasteiger partial charge in [0.05, 0.1) is 19.5 Å². The molecule has 0 radical (unpaired) electrons. The summed E-state index contributed by atoms with van der Waals surface area (Å²) in [6.07, 6.45) is -8.25. The van der Waals surface area contributed by atoms with Gasteiger partial charge in [-0.15, -0.1) is 6.42 Å². The molecule has 20 nitrogen and oxygen atoms in total. The number of aliphatic hydroxyl groups is 6. The van der Waals surface area contributed by atoms with Crippen LogP contribution in [0.4, 0.5) is 5.82 Å². The third-order valence-corrected chi connectivity index (χ3v) is 9.98. The zero-order chi connectivity index (χ0) is 31.2. The predicted molar refractivity (Wildman–Crippen MR) is 140 cm³/mol. The number of hydrogen-bond donors (Lipinski definition) is 10. The van der Waals surface area contributed by atoms with Crippen molar-refractivity contribution in [1.82, 2.24) is 19.5 Å². The summed E-state index contributed by atoms with van der Waals surface area (Å²) in [7, 11) is -5.47. The molecule has 4 heterocycles. The molecular formula is C19H28N6O14P2S. The third-order valence-electron chi connectivity index (χ3n) is 6.46. The molecule has 4 rings (SSSR count). The number of aliphatic hydroxyl groups excluding tert-OH is 6. The summed E-state index contributed by atoms with van der Waals surface area (Å²) in [6.45, 7) is -6.44. The summed E-state index contributed by atoms with van der Waals surface area (Å²) < 4.78 is 38.9. The molecule has 0 bridgehead atoms. The molecule has 2 aromatic heterocycles. The Labute approximate surface area is 241 Å². The highest BCUT2D eigenvalue weighted by molar-refractivity contribution is 8.08. The minimum atomic E-state index is -5.47. The number of anilines is 1. The SMILES string of the molecule is C#C[C@@]1(N)[C@H](O)[C@@H](COP(O)(=S)OP(=O)(O)OC2OC([C@@H](O)CO)C(O)C(O)C2O)O[C@H]1n1cnc2c(N)ncnc21. The van der Waals surface area contributed by atoms with Gasteiger partial charge in [0.15, 0.2) is 29.5 Å². The highest BCUT2D eigenvalue weighted by Gasteiger charge is 2.55. The number of nitrogen functional groups attached to an aromatic ring is 1. The van der Waals surface area contributed by atoms with Gasteiger partial charge in [0.2, 0.25) is 0 Å². The molecule has 0 amide bonds. The van der Waals surface area contributed by atoms with Crippen LogP contribution in [-0.2, 0) is 39.2 Å². The van der Waals surface area contributed by atoms with E-state index in [2.05, 4.69) is 29.7 Å². The number of phosphoric acid groups is 1. The van der Waals surface area contributed by atoms with Crippen molar-refractivity contribution < 1.29 is 67.8 Å². The van der Waals surface area contributed by atoms with Gasteiger partial charge >= 0.3 is 14.5 Å². The average Bonchev–Trinajstić information content (AvgIpc) is 3.46. The minimum Gasteiger partial charge on any atom is -0.394 e. The topological polar surface area (TPSA) is 321 Å². The number of terminal acetylenes is 1. The van der Waals surface area contributed by atoms with Crippen molar-refractivity contribution in [3.63, 3.8) is 0 Å². The summed E-state index contributed by atoms with van der Waals surface area (Å²) in [4.78, 5) is 32.5. The molecule has 7 unspecified atom stereocenters. The van der Waals surface area contributed by atoms with Crippen molar-refractivity contribution in [2.24, 2.45) is 5.73 Å². The summed E-state index contributed by atoms with van der Waals surface area (Å²) in [5, 5.41) is 59.7.